The molecule has 0 aromatic carbocycles. The van der Waals surface area contributed by atoms with Gasteiger partial charge in [0.2, 0.25) is 6.29 Å². The second kappa shape index (κ2) is 5.03. The molecule has 84 valence electrons. The molecule has 1 aromatic rings. The molecule has 0 amide bonds. The number of nitrogens with zero attached hydrogens (tertiary/aromatic N) is 1. The first kappa shape index (κ1) is 11.0. The Morgan fingerprint density at radius 3 is 2.93 bits per heavy atom. The van der Waals surface area contributed by atoms with Gasteiger partial charge in [0.05, 0.1) is 11.6 Å². The molecule has 5 heteroatoms. The maximum Gasteiger partial charge on any atom is 0.201 e. The van der Waals surface area contributed by atoms with E-state index in [1.807, 2.05) is 5.38 Å². The van der Waals surface area contributed by atoms with Crippen molar-refractivity contribution in [1.82, 2.24) is 4.98 Å². The van der Waals surface area contributed by atoms with E-state index in [4.69, 9.17) is 14.2 Å². The van der Waals surface area contributed by atoms with Crippen LogP contribution in [0, 0.1) is 0 Å². The number of methoxy groups -OCH3 is 2. The number of thiazole rings is 1. The Balaban J connectivity index is 2.08. The van der Waals surface area contributed by atoms with Gasteiger partial charge in [-0.3, -0.25) is 0 Å². The Kier molecular flexibility index (Phi) is 3.69. The molecule has 1 aliphatic rings. The van der Waals surface area contributed by atoms with Crippen LogP contribution in [-0.4, -0.2) is 32.4 Å². The molecule has 1 aliphatic heterocycles. The molecular weight excluding hydrogens is 214 g/mol. The lowest BCUT2D eigenvalue weighted by Crippen LogP contribution is -2.05. The summed E-state index contributed by atoms with van der Waals surface area (Å²) in [5.74, 6) is 0.457. The predicted octanol–water partition coefficient (Wildman–Crippen LogP) is 1.94. The van der Waals surface area contributed by atoms with Crippen molar-refractivity contribution in [3.05, 3.63) is 16.1 Å². The first-order valence-corrected chi connectivity index (χ1v) is 5.81. The minimum absolute atomic E-state index is 0.350. The van der Waals surface area contributed by atoms with Crippen LogP contribution in [0.15, 0.2) is 5.38 Å². The Morgan fingerprint density at radius 2 is 2.33 bits per heavy atom. The number of rotatable bonds is 4. The average molecular weight is 229 g/mol. The van der Waals surface area contributed by atoms with E-state index in [9.17, 15) is 0 Å². The van der Waals surface area contributed by atoms with Crippen LogP contribution in [0.4, 0.5) is 0 Å². The van der Waals surface area contributed by atoms with Crippen molar-refractivity contribution in [1.29, 1.82) is 0 Å². The van der Waals surface area contributed by atoms with E-state index in [1.54, 1.807) is 25.6 Å². The van der Waals surface area contributed by atoms with E-state index >= 15 is 0 Å². The third kappa shape index (κ3) is 2.36. The summed E-state index contributed by atoms with van der Waals surface area (Å²) in [7, 11) is 3.23. The molecule has 0 aliphatic carbocycles. The minimum atomic E-state index is -0.350. The number of hydrogen-bond donors (Lipinski definition) is 0. The minimum Gasteiger partial charge on any atom is -0.381 e. The maximum atomic E-state index is 5.34. The third-order valence-electron chi connectivity index (χ3n) is 2.49. The Labute approximate surface area is 93.2 Å². The summed E-state index contributed by atoms with van der Waals surface area (Å²) in [5, 5.41) is 3.12. The second-order valence-corrected chi connectivity index (χ2v) is 4.36. The first-order chi connectivity index (χ1) is 7.35. The highest BCUT2D eigenvalue weighted by Gasteiger charge is 2.22. The first-order valence-electron chi connectivity index (χ1n) is 4.93. The topological polar surface area (TPSA) is 40.6 Å². The molecule has 1 atom stereocenters. The smallest absolute Gasteiger partial charge is 0.201 e. The van der Waals surface area contributed by atoms with Crippen molar-refractivity contribution < 1.29 is 14.2 Å². The van der Waals surface area contributed by atoms with Gasteiger partial charge in [0, 0.05) is 32.1 Å². The molecule has 4 nitrogen and oxygen atoms in total. The van der Waals surface area contributed by atoms with Gasteiger partial charge in [0.1, 0.15) is 5.69 Å². The van der Waals surface area contributed by atoms with Gasteiger partial charge in [-0.15, -0.1) is 11.3 Å². The number of aromatic nitrogens is 1. The molecule has 2 heterocycles. The summed E-state index contributed by atoms with van der Waals surface area (Å²) < 4.78 is 15.6. The summed E-state index contributed by atoms with van der Waals surface area (Å²) in [4.78, 5) is 4.52. The van der Waals surface area contributed by atoms with Crippen molar-refractivity contribution >= 4 is 11.3 Å². The van der Waals surface area contributed by atoms with E-state index in [2.05, 4.69) is 4.98 Å². The largest absolute Gasteiger partial charge is 0.381 e. The van der Waals surface area contributed by atoms with Crippen LogP contribution in [-0.2, 0) is 14.2 Å². The maximum absolute atomic E-state index is 5.34. The van der Waals surface area contributed by atoms with Crippen molar-refractivity contribution in [2.45, 2.75) is 18.6 Å². The second-order valence-electron chi connectivity index (χ2n) is 3.47. The van der Waals surface area contributed by atoms with Gasteiger partial charge >= 0.3 is 0 Å². The summed E-state index contributed by atoms with van der Waals surface area (Å²) in [6.45, 7) is 1.63. The monoisotopic (exact) mass is 229 g/mol. The summed E-state index contributed by atoms with van der Waals surface area (Å²) in [6, 6.07) is 0. The van der Waals surface area contributed by atoms with Gasteiger partial charge in [-0.2, -0.15) is 0 Å². The van der Waals surface area contributed by atoms with Crippen LogP contribution >= 0.6 is 11.3 Å². The molecule has 0 spiro atoms. The van der Waals surface area contributed by atoms with Gasteiger partial charge in [0.15, 0.2) is 0 Å². The Bertz CT molecular complexity index is 289. The van der Waals surface area contributed by atoms with Crippen LogP contribution < -0.4 is 0 Å². The fourth-order valence-electron chi connectivity index (χ4n) is 1.66. The molecule has 1 saturated heterocycles. The van der Waals surface area contributed by atoms with Gasteiger partial charge in [-0.1, -0.05) is 0 Å². The molecule has 15 heavy (non-hydrogen) atoms. The van der Waals surface area contributed by atoms with Gasteiger partial charge in [-0.05, 0) is 6.42 Å². The quantitative estimate of drug-likeness (QED) is 0.740. The number of ether oxygens (including phenoxy) is 3. The van der Waals surface area contributed by atoms with Gasteiger partial charge in [0.25, 0.3) is 0 Å². The van der Waals surface area contributed by atoms with Crippen LogP contribution in [0.2, 0.25) is 0 Å². The molecule has 0 bridgehead atoms. The molecule has 0 N–H and O–H groups in total. The molecule has 0 saturated carbocycles. The van der Waals surface area contributed by atoms with E-state index in [0.29, 0.717) is 5.92 Å². The zero-order valence-electron chi connectivity index (χ0n) is 8.93. The van der Waals surface area contributed by atoms with Crippen molar-refractivity contribution in [3.8, 4) is 0 Å². The Morgan fingerprint density at radius 1 is 1.53 bits per heavy atom. The summed E-state index contributed by atoms with van der Waals surface area (Å²) in [5.41, 5.74) is 0.854. The van der Waals surface area contributed by atoms with Crippen LogP contribution in [0.1, 0.15) is 29.3 Å². The lowest BCUT2D eigenvalue weighted by atomic mass is 10.1. The predicted molar refractivity (Wildman–Crippen MR) is 57.1 cm³/mol. The average Bonchev–Trinajstić information content (AvgIpc) is 2.89. The lowest BCUT2D eigenvalue weighted by Gasteiger charge is -2.09. The highest BCUT2D eigenvalue weighted by atomic mass is 32.1. The zero-order valence-corrected chi connectivity index (χ0v) is 9.75. The van der Waals surface area contributed by atoms with Gasteiger partial charge in [-0.25, -0.2) is 4.98 Å². The van der Waals surface area contributed by atoms with Crippen molar-refractivity contribution in [2.75, 3.05) is 27.4 Å². The standard InChI is InChI=1S/C10H15NO3S/c1-12-10(13-2)8-6-15-9(11-8)7-3-4-14-5-7/h6-7,10H,3-5H2,1-2H3. The van der Waals surface area contributed by atoms with Crippen LogP contribution in [0.3, 0.4) is 0 Å². The van der Waals surface area contributed by atoms with Gasteiger partial charge < -0.3 is 14.2 Å². The van der Waals surface area contributed by atoms with E-state index in [1.165, 1.54) is 0 Å². The fraction of sp³-hybridized carbons (Fsp3) is 0.700. The highest BCUT2D eigenvalue weighted by molar-refractivity contribution is 7.09. The van der Waals surface area contributed by atoms with Crippen molar-refractivity contribution in [3.63, 3.8) is 0 Å². The number of hydrogen-bond acceptors (Lipinski definition) is 5. The molecular formula is C10H15NO3S. The summed E-state index contributed by atoms with van der Waals surface area (Å²) >= 11 is 1.65. The highest BCUT2D eigenvalue weighted by Crippen LogP contribution is 2.30. The SMILES string of the molecule is COC(OC)c1csc(C2CCOC2)n1. The molecule has 2 rings (SSSR count). The zero-order chi connectivity index (χ0) is 10.7. The van der Waals surface area contributed by atoms with Crippen LogP contribution in [0.5, 0.6) is 0 Å². The third-order valence-corrected chi connectivity index (χ3v) is 3.51. The molecule has 1 unspecified atom stereocenters. The molecule has 1 fully saturated rings. The lowest BCUT2D eigenvalue weighted by molar-refractivity contribution is -0.108. The normalized spacial score (nSPS) is 21.4. The fourth-order valence-corrected chi connectivity index (χ4v) is 2.61. The van der Waals surface area contributed by atoms with E-state index < -0.39 is 0 Å². The Hall–Kier alpha value is -0.490. The molecule has 1 aromatic heterocycles. The summed E-state index contributed by atoms with van der Waals surface area (Å²) in [6.07, 6.45) is 0.717. The van der Waals surface area contributed by atoms with Crippen LogP contribution in [0.25, 0.3) is 0 Å². The molecule has 0 radical (unpaired) electrons. The van der Waals surface area contributed by atoms with E-state index in [-0.39, 0.29) is 6.29 Å². The van der Waals surface area contributed by atoms with E-state index in [0.717, 1.165) is 30.3 Å². The van der Waals surface area contributed by atoms with Crippen molar-refractivity contribution in [2.24, 2.45) is 0 Å².